The number of rotatable bonds is 6. The van der Waals surface area contributed by atoms with Gasteiger partial charge in [-0.1, -0.05) is 32.0 Å². The molecule has 0 fully saturated rings. The maximum Gasteiger partial charge on any atom is 0.305 e. The van der Waals surface area contributed by atoms with Crippen molar-refractivity contribution in [2.75, 3.05) is 13.1 Å². The Labute approximate surface area is 117 Å². The summed E-state index contributed by atoms with van der Waals surface area (Å²) >= 11 is 1.69. The Balaban J connectivity index is 2.44. The molecule has 0 spiro atoms. The maximum atomic E-state index is 11.2. The van der Waals surface area contributed by atoms with Crippen LogP contribution >= 0.6 is 11.3 Å². The van der Waals surface area contributed by atoms with Gasteiger partial charge >= 0.3 is 5.97 Å². The molecule has 102 valence electrons. The van der Waals surface area contributed by atoms with Crippen molar-refractivity contribution in [3.05, 3.63) is 35.2 Å². The van der Waals surface area contributed by atoms with Crippen molar-refractivity contribution in [2.24, 2.45) is 0 Å². The summed E-state index contributed by atoms with van der Waals surface area (Å²) in [7, 11) is 0. The van der Waals surface area contributed by atoms with Crippen LogP contribution in [0, 0.1) is 0 Å². The minimum Gasteiger partial charge on any atom is -0.481 e. The van der Waals surface area contributed by atoms with E-state index in [-0.39, 0.29) is 12.5 Å². The summed E-state index contributed by atoms with van der Waals surface area (Å²) in [4.78, 5) is 13.4. The van der Waals surface area contributed by atoms with Gasteiger partial charge in [0, 0.05) is 10.7 Å². The van der Waals surface area contributed by atoms with E-state index < -0.39 is 5.97 Å². The topological polar surface area (TPSA) is 40.5 Å². The lowest BCUT2D eigenvalue weighted by Crippen LogP contribution is -2.30. The molecule has 0 aliphatic carbocycles. The third kappa shape index (κ3) is 2.96. The second-order valence-corrected chi connectivity index (χ2v) is 5.43. The van der Waals surface area contributed by atoms with Crippen LogP contribution in [0.5, 0.6) is 0 Å². The fraction of sp³-hybridized carbons (Fsp3) is 0.400. The number of carboxylic acids is 1. The summed E-state index contributed by atoms with van der Waals surface area (Å²) in [6.07, 6.45) is 0.155. The van der Waals surface area contributed by atoms with Gasteiger partial charge in [0.1, 0.15) is 0 Å². The first-order valence-electron chi connectivity index (χ1n) is 6.59. The van der Waals surface area contributed by atoms with E-state index in [1.54, 1.807) is 11.3 Å². The van der Waals surface area contributed by atoms with Crippen LogP contribution in [0.1, 0.15) is 31.9 Å². The number of hydrogen-bond acceptors (Lipinski definition) is 3. The molecule has 0 radical (unpaired) electrons. The zero-order chi connectivity index (χ0) is 13.8. The molecule has 4 heteroatoms. The normalized spacial score (nSPS) is 13.0. The molecular formula is C15H19NO2S. The molecule has 1 heterocycles. The first-order valence-corrected chi connectivity index (χ1v) is 7.47. The van der Waals surface area contributed by atoms with Crippen LogP contribution in [0.3, 0.4) is 0 Å². The predicted molar refractivity (Wildman–Crippen MR) is 79.7 cm³/mol. The monoisotopic (exact) mass is 277 g/mol. The third-order valence-corrected chi connectivity index (χ3v) is 4.47. The largest absolute Gasteiger partial charge is 0.481 e. The number of hydrogen-bond donors (Lipinski definition) is 1. The van der Waals surface area contributed by atoms with Crippen molar-refractivity contribution in [3.63, 3.8) is 0 Å². The van der Waals surface area contributed by atoms with Gasteiger partial charge in [0.05, 0.1) is 6.42 Å². The van der Waals surface area contributed by atoms with Gasteiger partial charge in [-0.3, -0.25) is 9.69 Å². The summed E-state index contributed by atoms with van der Waals surface area (Å²) in [6, 6.07) is 8.16. The Bertz CT molecular complexity index is 560. The summed E-state index contributed by atoms with van der Waals surface area (Å²) in [6.45, 7) is 5.87. The lowest BCUT2D eigenvalue weighted by molar-refractivity contribution is -0.138. The first kappa shape index (κ1) is 14.0. The van der Waals surface area contributed by atoms with E-state index in [1.165, 1.54) is 10.1 Å². The zero-order valence-corrected chi connectivity index (χ0v) is 12.1. The molecule has 1 aromatic carbocycles. The average Bonchev–Trinajstić information content (AvgIpc) is 2.82. The first-order chi connectivity index (χ1) is 9.17. The Hall–Kier alpha value is -1.39. The fourth-order valence-electron chi connectivity index (χ4n) is 2.52. The molecule has 0 amide bonds. The molecule has 1 N–H and O–H groups in total. The second kappa shape index (κ2) is 6.17. The van der Waals surface area contributed by atoms with Crippen LogP contribution in [-0.2, 0) is 4.79 Å². The third-order valence-electron chi connectivity index (χ3n) is 3.49. The molecule has 0 aliphatic rings. The van der Waals surface area contributed by atoms with E-state index in [0.29, 0.717) is 0 Å². The lowest BCUT2D eigenvalue weighted by atomic mass is 10.0. The van der Waals surface area contributed by atoms with E-state index in [4.69, 9.17) is 0 Å². The minimum atomic E-state index is -0.743. The van der Waals surface area contributed by atoms with Crippen molar-refractivity contribution in [2.45, 2.75) is 26.3 Å². The molecule has 3 nitrogen and oxygen atoms in total. The van der Waals surface area contributed by atoms with Crippen molar-refractivity contribution in [1.82, 2.24) is 4.90 Å². The van der Waals surface area contributed by atoms with Gasteiger partial charge in [0.15, 0.2) is 0 Å². The van der Waals surface area contributed by atoms with Crippen molar-refractivity contribution in [3.8, 4) is 0 Å². The highest BCUT2D eigenvalue weighted by atomic mass is 32.1. The van der Waals surface area contributed by atoms with Crippen LogP contribution in [-0.4, -0.2) is 29.1 Å². The average molecular weight is 277 g/mol. The molecule has 0 aliphatic heterocycles. The van der Waals surface area contributed by atoms with Gasteiger partial charge in [0.2, 0.25) is 0 Å². The number of nitrogens with zero attached hydrogens (tertiary/aromatic N) is 1. The highest BCUT2D eigenvalue weighted by Crippen LogP contribution is 2.34. The number of aliphatic carboxylic acids is 1. The molecule has 1 aromatic heterocycles. The number of benzene rings is 1. The molecule has 19 heavy (non-hydrogen) atoms. The molecule has 1 unspecified atom stereocenters. The van der Waals surface area contributed by atoms with Gasteiger partial charge < -0.3 is 5.11 Å². The molecule has 0 saturated carbocycles. The van der Waals surface area contributed by atoms with Crippen LogP contribution in [0.2, 0.25) is 0 Å². The van der Waals surface area contributed by atoms with Crippen molar-refractivity contribution < 1.29 is 9.90 Å². The van der Waals surface area contributed by atoms with Gasteiger partial charge in [-0.05, 0) is 35.5 Å². The Kier molecular flexibility index (Phi) is 4.56. The molecule has 2 rings (SSSR count). The Morgan fingerprint density at radius 3 is 2.63 bits per heavy atom. The second-order valence-electron chi connectivity index (χ2n) is 4.52. The van der Waals surface area contributed by atoms with E-state index in [1.807, 2.05) is 12.1 Å². The van der Waals surface area contributed by atoms with Gasteiger partial charge in [-0.15, -0.1) is 11.3 Å². The highest BCUT2D eigenvalue weighted by molar-refractivity contribution is 7.17. The van der Waals surface area contributed by atoms with Gasteiger partial charge in [0.25, 0.3) is 0 Å². The number of fused-ring (bicyclic) bond motifs is 1. The number of carbonyl (C=O) groups is 1. The maximum absolute atomic E-state index is 11.2. The Morgan fingerprint density at radius 2 is 2.00 bits per heavy atom. The summed E-state index contributed by atoms with van der Waals surface area (Å²) in [5, 5.41) is 12.5. The summed E-state index contributed by atoms with van der Waals surface area (Å²) in [5.74, 6) is -0.743. The molecule has 0 saturated heterocycles. The van der Waals surface area contributed by atoms with Gasteiger partial charge in [-0.2, -0.15) is 0 Å². The molecule has 2 aromatic rings. The smallest absolute Gasteiger partial charge is 0.305 e. The Morgan fingerprint density at radius 1 is 1.32 bits per heavy atom. The van der Waals surface area contributed by atoms with E-state index in [2.05, 4.69) is 36.3 Å². The van der Waals surface area contributed by atoms with Crippen molar-refractivity contribution in [1.29, 1.82) is 0 Å². The van der Waals surface area contributed by atoms with Crippen LogP contribution < -0.4 is 0 Å². The van der Waals surface area contributed by atoms with Crippen LogP contribution in [0.4, 0.5) is 0 Å². The lowest BCUT2D eigenvalue weighted by Gasteiger charge is -2.28. The molecule has 1 atom stereocenters. The molecule has 0 bridgehead atoms. The fourth-order valence-corrected chi connectivity index (χ4v) is 3.53. The highest BCUT2D eigenvalue weighted by Gasteiger charge is 2.23. The van der Waals surface area contributed by atoms with E-state index in [9.17, 15) is 9.90 Å². The van der Waals surface area contributed by atoms with E-state index >= 15 is 0 Å². The number of thiophene rings is 1. The van der Waals surface area contributed by atoms with Crippen LogP contribution in [0.25, 0.3) is 10.1 Å². The summed E-state index contributed by atoms with van der Waals surface area (Å²) < 4.78 is 1.22. The minimum absolute atomic E-state index is 0.0383. The SMILES string of the molecule is CCN(CC)C(CC(=O)O)c1csc2ccccc12. The zero-order valence-electron chi connectivity index (χ0n) is 11.3. The predicted octanol–water partition coefficient (Wildman–Crippen LogP) is 3.76. The van der Waals surface area contributed by atoms with E-state index in [0.717, 1.165) is 18.7 Å². The summed E-state index contributed by atoms with van der Waals surface area (Å²) in [5.41, 5.74) is 1.15. The van der Waals surface area contributed by atoms with Gasteiger partial charge in [-0.25, -0.2) is 0 Å². The molecular weight excluding hydrogens is 258 g/mol. The number of carboxylic acid groups (broad SMARTS) is 1. The van der Waals surface area contributed by atoms with Crippen LogP contribution in [0.15, 0.2) is 29.6 Å². The standard InChI is InChI=1S/C15H19NO2S/c1-3-16(4-2)13(9-15(17)18)12-10-19-14-8-6-5-7-11(12)14/h5-8,10,13H,3-4,9H2,1-2H3,(H,17,18). The van der Waals surface area contributed by atoms with Crippen molar-refractivity contribution >= 4 is 27.4 Å². The quantitative estimate of drug-likeness (QED) is 0.874.